The average molecular weight is 326 g/mol. The van der Waals surface area contributed by atoms with Gasteiger partial charge in [-0.25, -0.2) is 13.1 Å². The van der Waals surface area contributed by atoms with Gasteiger partial charge in [-0.2, -0.15) is 0 Å². The first-order valence-corrected chi connectivity index (χ1v) is 9.61. The Balaban J connectivity index is 2.08. The van der Waals surface area contributed by atoms with E-state index in [9.17, 15) is 8.42 Å². The summed E-state index contributed by atoms with van der Waals surface area (Å²) in [4.78, 5) is 2.38. The standard InChI is InChI=1S/C16H26N2O3S/c1-13-14(7-6-9-16(13)21-2)12-18-10-5-4-8-15(18)11-17-22(3,19)20/h6-7,9,15,17H,4-5,8,10-12H2,1-3H3. The molecule has 0 amide bonds. The molecule has 1 atom stereocenters. The van der Waals surface area contributed by atoms with E-state index in [1.165, 1.54) is 18.2 Å². The molecule has 1 unspecified atom stereocenters. The van der Waals surface area contributed by atoms with E-state index < -0.39 is 10.0 Å². The maximum Gasteiger partial charge on any atom is 0.208 e. The Labute approximate surface area is 133 Å². The maximum atomic E-state index is 11.3. The molecule has 124 valence electrons. The van der Waals surface area contributed by atoms with E-state index in [-0.39, 0.29) is 6.04 Å². The molecular weight excluding hydrogens is 300 g/mol. The number of likely N-dealkylation sites (tertiary alicyclic amines) is 1. The van der Waals surface area contributed by atoms with Crippen molar-refractivity contribution in [3.63, 3.8) is 0 Å². The molecule has 6 heteroatoms. The van der Waals surface area contributed by atoms with Gasteiger partial charge in [-0.1, -0.05) is 18.6 Å². The molecule has 0 aliphatic carbocycles. The Morgan fingerprint density at radius 2 is 2.14 bits per heavy atom. The molecule has 1 aliphatic heterocycles. The minimum absolute atomic E-state index is 0.258. The Hall–Kier alpha value is -1.11. The van der Waals surface area contributed by atoms with E-state index in [1.807, 2.05) is 12.1 Å². The van der Waals surface area contributed by atoms with Crippen molar-refractivity contribution in [2.24, 2.45) is 0 Å². The summed E-state index contributed by atoms with van der Waals surface area (Å²) in [5, 5.41) is 0. The van der Waals surface area contributed by atoms with E-state index in [0.29, 0.717) is 6.54 Å². The molecule has 1 heterocycles. The van der Waals surface area contributed by atoms with Crippen molar-refractivity contribution < 1.29 is 13.2 Å². The minimum atomic E-state index is -3.14. The molecule has 1 fully saturated rings. The van der Waals surface area contributed by atoms with E-state index in [1.54, 1.807) is 7.11 Å². The zero-order valence-corrected chi connectivity index (χ0v) is 14.4. The Morgan fingerprint density at radius 1 is 1.36 bits per heavy atom. The van der Waals surface area contributed by atoms with Crippen LogP contribution in [0.25, 0.3) is 0 Å². The predicted octanol–water partition coefficient (Wildman–Crippen LogP) is 1.91. The van der Waals surface area contributed by atoms with E-state index >= 15 is 0 Å². The van der Waals surface area contributed by atoms with Crippen LogP contribution in [0.3, 0.4) is 0 Å². The fourth-order valence-corrected chi connectivity index (χ4v) is 3.51. The highest BCUT2D eigenvalue weighted by Gasteiger charge is 2.24. The van der Waals surface area contributed by atoms with Gasteiger partial charge in [0.2, 0.25) is 10.0 Å². The fraction of sp³-hybridized carbons (Fsp3) is 0.625. The van der Waals surface area contributed by atoms with Crippen molar-refractivity contribution in [2.45, 2.75) is 38.8 Å². The average Bonchev–Trinajstić information content (AvgIpc) is 2.47. The molecule has 0 bridgehead atoms. The lowest BCUT2D eigenvalue weighted by Crippen LogP contribution is -2.46. The van der Waals surface area contributed by atoms with Gasteiger partial charge in [-0.05, 0) is 43.5 Å². The summed E-state index contributed by atoms with van der Waals surface area (Å²) in [6.45, 7) is 4.40. The van der Waals surface area contributed by atoms with Crippen LogP contribution in [0.1, 0.15) is 30.4 Å². The highest BCUT2D eigenvalue weighted by Crippen LogP contribution is 2.25. The molecule has 1 aromatic rings. The number of piperidine rings is 1. The van der Waals surface area contributed by atoms with Crippen LogP contribution >= 0.6 is 0 Å². The van der Waals surface area contributed by atoms with Crippen LogP contribution in [-0.2, 0) is 16.6 Å². The minimum Gasteiger partial charge on any atom is -0.496 e. The molecule has 2 rings (SSSR count). The first kappa shape index (κ1) is 17.2. The SMILES string of the molecule is COc1cccc(CN2CCCCC2CNS(C)(=O)=O)c1C. The highest BCUT2D eigenvalue weighted by molar-refractivity contribution is 7.88. The predicted molar refractivity (Wildman–Crippen MR) is 88.6 cm³/mol. The number of rotatable bonds is 6. The zero-order valence-electron chi connectivity index (χ0n) is 13.6. The Morgan fingerprint density at radius 3 is 2.82 bits per heavy atom. The first-order chi connectivity index (χ1) is 10.4. The van der Waals surface area contributed by atoms with Gasteiger partial charge in [-0.15, -0.1) is 0 Å². The molecule has 0 radical (unpaired) electrons. The number of sulfonamides is 1. The summed E-state index contributed by atoms with van der Waals surface area (Å²) in [5.74, 6) is 0.903. The van der Waals surface area contributed by atoms with Gasteiger partial charge in [-0.3, -0.25) is 4.90 Å². The van der Waals surface area contributed by atoms with Gasteiger partial charge in [0.05, 0.1) is 13.4 Å². The molecule has 0 spiro atoms. The number of hydrogen-bond donors (Lipinski definition) is 1. The normalized spacial score (nSPS) is 20.0. The van der Waals surface area contributed by atoms with Crippen LogP contribution in [-0.4, -0.2) is 45.8 Å². The summed E-state index contributed by atoms with van der Waals surface area (Å²) in [6, 6.07) is 6.36. The zero-order chi connectivity index (χ0) is 16.2. The van der Waals surface area contributed by atoms with Crippen molar-refractivity contribution in [2.75, 3.05) is 26.5 Å². The van der Waals surface area contributed by atoms with Crippen molar-refractivity contribution in [1.82, 2.24) is 9.62 Å². The number of nitrogens with one attached hydrogen (secondary N) is 1. The summed E-state index contributed by atoms with van der Waals surface area (Å²) in [5.41, 5.74) is 2.40. The third-order valence-corrected chi connectivity index (χ3v) is 5.01. The number of benzene rings is 1. The van der Waals surface area contributed by atoms with Crippen molar-refractivity contribution >= 4 is 10.0 Å². The summed E-state index contributed by atoms with van der Waals surface area (Å²) < 4.78 is 30.7. The summed E-state index contributed by atoms with van der Waals surface area (Å²) in [6.07, 6.45) is 4.57. The lowest BCUT2D eigenvalue weighted by atomic mass is 10.00. The number of methoxy groups -OCH3 is 1. The van der Waals surface area contributed by atoms with E-state index in [0.717, 1.165) is 37.2 Å². The molecular formula is C16H26N2O3S. The van der Waals surface area contributed by atoms with Crippen molar-refractivity contribution in [3.05, 3.63) is 29.3 Å². The van der Waals surface area contributed by atoms with Gasteiger partial charge in [0.15, 0.2) is 0 Å². The summed E-state index contributed by atoms with van der Waals surface area (Å²) in [7, 11) is -1.45. The Bertz CT molecular complexity index is 601. The second-order valence-corrected chi connectivity index (χ2v) is 7.82. The van der Waals surface area contributed by atoms with Crippen LogP contribution in [0.4, 0.5) is 0 Å². The molecule has 22 heavy (non-hydrogen) atoms. The molecule has 1 N–H and O–H groups in total. The lowest BCUT2D eigenvalue weighted by molar-refractivity contribution is 0.141. The largest absolute Gasteiger partial charge is 0.496 e. The van der Waals surface area contributed by atoms with E-state index in [2.05, 4.69) is 22.6 Å². The number of ether oxygens (including phenoxy) is 1. The van der Waals surface area contributed by atoms with E-state index in [4.69, 9.17) is 4.74 Å². The fourth-order valence-electron chi connectivity index (χ4n) is 3.02. The molecule has 1 aliphatic rings. The van der Waals surface area contributed by atoms with Gasteiger partial charge in [0, 0.05) is 19.1 Å². The quantitative estimate of drug-likeness (QED) is 0.867. The lowest BCUT2D eigenvalue weighted by Gasteiger charge is -2.36. The number of nitrogens with zero attached hydrogens (tertiary/aromatic N) is 1. The molecule has 1 saturated heterocycles. The van der Waals surface area contributed by atoms with Crippen LogP contribution in [0, 0.1) is 6.92 Å². The van der Waals surface area contributed by atoms with Crippen LogP contribution in [0.15, 0.2) is 18.2 Å². The highest BCUT2D eigenvalue weighted by atomic mass is 32.2. The molecule has 1 aromatic carbocycles. The summed E-state index contributed by atoms with van der Waals surface area (Å²) >= 11 is 0. The Kier molecular flexibility index (Phi) is 5.83. The number of hydrogen-bond acceptors (Lipinski definition) is 4. The van der Waals surface area contributed by atoms with Crippen molar-refractivity contribution in [1.29, 1.82) is 0 Å². The smallest absolute Gasteiger partial charge is 0.208 e. The van der Waals surface area contributed by atoms with Crippen molar-refractivity contribution in [3.8, 4) is 5.75 Å². The van der Waals surface area contributed by atoms with Crippen LogP contribution < -0.4 is 9.46 Å². The third kappa shape index (κ3) is 4.69. The molecule has 0 aromatic heterocycles. The van der Waals surface area contributed by atoms with Crippen LogP contribution in [0.5, 0.6) is 5.75 Å². The monoisotopic (exact) mass is 326 g/mol. The van der Waals surface area contributed by atoms with Crippen LogP contribution in [0.2, 0.25) is 0 Å². The third-order valence-electron chi connectivity index (χ3n) is 4.32. The van der Waals surface area contributed by atoms with Gasteiger partial charge < -0.3 is 4.74 Å². The van der Waals surface area contributed by atoms with Gasteiger partial charge in [0.25, 0.3) is 0 Å². The van der Waals surface area contributed by atoms with Gasteiger partial charge >= 0.3 is 0 Å². The topological polar surface area (TPSA) is 58.6 Å². The second kappa shape index (κ2) is 7.44. The molecule has 5 nitrogen and oxygen atoms in total. The first-order valence-electron chi connectivity index (χ1n) is 7.72. The maximum absolute atomic E-state index is 11.3. The van der Waals surface area contributed by atoms with Gasteiger partial charge in [0.1, 0.15) is 5.75 Å². The second-order valence-electron chi connectivity index (χ2n) is 5.99. The molecule has 0 saturated carbocycles.